The van der Waals surface area contributed by atoms with Crippen molar-refractivity contribution in [1.82, 2.24) is 4.90 Å². The first-order valence-electron chi connectivity index (χ1n) is 8.00. The van der Waals surface area contributed by atoms with Crippen LogP contribution >= 0.6 is 0 Å². The fourth-order valence-corrected chi connectivity index (χ4v) is 2.78. The molecule has 0 aliphatic carbocycles. The second-order valence-corrected chi connectivity index (χ2v) is 5.62. The Kier molecular flexibility index (Phi) is 5.25. The molecule has 1 aliphatic heterocycles. The zero-order valence-corrected chi connectivity index (χ0v) is 13.2. The number of anilines is 1. The highest BCUT2D eigenvalue weighted by Crippen LogP contribution is 2.24. The van der Waals surface area contributed by atoms with Gasteiger partial charge in [0.25, 0.3) is 0 Å². The molecule has 1 fully saturated rings. The number of rotatable bonds is 5. The van der Waals surface area contributed by atoms with E-state index >= 15 is 0 Å². The topological polar surface area (TPSA) is 48.3 Å². The zero-order valence-electron chi connectivity index (χ0n) is 13.2. The summed E-state index contributed by atoms with van der Waals surface area (Å²) in [7, 11) is 0. The van der Waals surface area contributed by atoms with E-state index < -0.39 is 0 Å². The minimum atomic E-state index is 0.709. The summed E-state index contributed by atoms with van der Waals surface area (Å²) >= 11 is 0. The van der Waals surface area contributed by atoms with Crippen molar-refractivity contribution >= 4 is 5.69 Å². The minimum absolute atomic E-state index is 0.709. The maximum absolute atomic E-state index is 9.20. The average Bonchev–Trinajstić information content (AvgIpc) is 2.63. The highest BCUT2D eigenvalue weighted by Gasteiger charge is 2.09. The van der Waals surface area contributed by atoms with E-state index in [2.05, 4.69) is 40.6 Å². The Morgan fingerprint density at radius 3 is 2.52 bits per heavy atom. The lowest BCUT2D eigenvalue weighted by Gasteiger charge is -2.26. The van der Waals surface area contributed by atoms with Gasteiger partial charge < -0.3 is 10.1 Å². The van der Waals surface area contributed by atoms with Crippen LogP contribution < -0.4 is 5.32 Å². The standard InChI is InChI=1S/C19H21N3O/c20-15-17-3-1-2-4-19(17)16-5-7-18(8-6-16)21-9-10-22-11-13-23-14-12-22/h1-8,21H,9-14H2. The number of benzene rings is 2. The quantitative estimate of drug-likeness (QED) is 0.922. The zero-order chi connectivity index (χ0) is 15.9. The Labute approximate surface area is 137 Å². The summed E-state index contributed by atoms with van der Waals surface area (Å²) in [6, 6.07) is 18.2. The van der Waals surface area contributed by atoms with Crippen molar-refractivity contribution in [3.8, 4) is 17.2 Å². The molecule has 2 aromatic rings. The molecule has 0 saturated carbocycles. The highest BCUT2D eigenvalue weighted by molar-refractivity contribution is 5.71. The second-order valence-electron chi connectivity index (χ2n) is 5.62. The van der Waals surface area contributed by atoms with Crippen molar-refractivity contribution in [3.05, 3.63) is 54.1 Å². The van der Waals surface area contributed by atoms with Crippen molar-refractivity contribution in [2.24, 2.45) is 0 Å². The predicted molar refractivity (Wildman–Crippen MR) is 92.3 cm³/mol. The van der Waals surface area contributed by atoms with Gasteiger partial charge >= 0.3 is 0 Å². The van der Waals surface area contributed by atoms with E-state index in [0.717, 1.165) is 56.2 Å². The molecule has 0 unspecified atom stereocenters. The Morgan fingerprint density at radius 2 is 1.78 bits per heavy atom. The van der Waals surface area contributed by atoms with Crippen LogP contribution in [0.1, 0.15) is 5.56 Å². The van der Waals surface area contributed by atoms with E-state index in [9.17, 15) is 5.26 Å². The summed E-state index contributed by atoms with van der Waals surface area (Å²) in [5.74, 6) is 0. The Balaban J connectivity index is 1.58. The monoisotopic (exact) mass is 307 g/mol. The molecule has 3 rings (SSSR count). The predicted octanol–water partition coefficient (Wildman–Crippen LogP) is 2.97. The van der Waals surface area contributed by atoms with Gasteiger partial charge in [0.2, 0.25) is 0 Å². The molecule has 0 atom stereocenters. The van der Waals surface area contributed by atoms with Crippen LogP contribution in [0.25, 0.3) is 11.1 Å². The molecule has 1 aliphatic rings. The first-order chi connectivity index (χ1) is 11.4. The number of hydrogen-bond donors (Lipinski definition) is 1. The van der Waals surface area contributed by atoms with Gasteiger partial charge in [0, 0.05) is 31.9 Å². The first kappa shape index (κ1) is 15.5. The van der Waals surface area contributed by atoms with E-state index in [0.29, 0.717) is 5.56 Å². The molecule has 2 aromatic carbocycles. The summed E-state index contributed by atoms with van der Waals surface area (Å²) in [6.45, 7) is 5.67. The van der Waals surface area contributed by atoms with Gasteiger partial charge in [-0.3, -0.25) is 4.90 Å². The molecule has 0 radical (unpaired) electrons. The molecule has 1 N–H and O–H groups in total. The molecule has 23 heavy (non-hydrogen) atoms. The third-order valence-corrected chi connectivity index (χ3v) is 4.10. The fraction of sp³-hybridized carbons (Fsp3) is 0.316. The van der Waals surface area contributed by atoms with Crippen LogP contribution in [0.2, 0.25) is 0 Å². The van der Waals surface area contributed by atoms with Gasteiger partial charge in [0.1, 0.15) is 0 Å². The summed E-state index contributed by atoms with van der Waals surface area (Å²) < 4.78 is 5.35. The van der Waals surface area contributed by atoms with Gasteiger partial charge in [0.15, 0.2) is 0 Å². The summed E-state index contributed by atoms with van der Waals surface area (Å²) in [5.41, 5.74) is 3.87. The van der Waals surface area contributed by atoms with Gasteiger partial charge in [-0.2, -0.15) is 5.26 Å². The first-order valence-corrected chi connectivity index (χ1v) is 8.00. The van der Waals surface area contributed by atoms with Crippen LogP contribution in [0.5, 0.6) is 0 Å². The van der Waals surface area contributed by atoms with Gasteiger partial charge in [-0.05, 0) is 29.3 Å². The molecular weight excluding hydrogens is 286 g/mol. The normalized spacial score (nSPS) is 15.1. The van der Waals surface area contributed by atoms with Gasteiger partial charge in [-0.1, -0.05) is 30.3 Å². The van der Waals surface area contributed by atoms with Crippen molar-refractivity contribution in [2.75, 3.05) is 44.7 Å². The molecule has 1 saturated heterocycles. The lowest BCUT2D eigenvalue weighted by atomic mass is 10.0. The number of morpholine rings is 1. The number of hydrogen-bond acceptors (Lipinski definition) is 4. The molecule has 1 heterocycles. The Morgan fingerprint density at radius 1 is 1.04 bits per heavy atom. The van der Waals surface area contributed by atoms with Crippen LogP contribution in [0.4, 0.5) is 5.69 Å². The number of nitriles is 1. The molecule has 0 spiro atoms. The largest absolute Gasteiger partial charge is 0.384 e. The van der Waals surface area contributed by atoms with Crippen LogP contribution in [-0.4, -0.2) is 44.3 Å². The summed E-state index contributed by atoms with van der Waals surface area (Å²) in [6.07, 6.45) is 0. The second kappa shape index (κ2) is 7.77. The third-order valence-electron chi connectivity index (χ3n) is 4.10. The lowest BCUT2D eigenvalue weighted by Crippen LogP contribution is -2.38. The summed E-state index contributed by atoms with van der Waals surface area (Å²) in [4.78, 5) is 2.41. The van der Waals surface area contributed by atoms with E-state index in [1.807, 2.05) is 24.3 Å². The summed E-state index contributed by atoms with van der Waals surface area (Å²) in [5, 5.41) is 12.7. The van der Waals surface area contributed by atoms with Crippen LogP contribution in [-0.2, 0) is 4.74 Å². The molecule has 0 bridgehead atoms. The van der Waals surface area contributed by atoms with Gasteiger partial charge in [-0.25, -0.2) is 0 Å². The van der Waals surface area contributed by atoms with Crippen molar-refractivity contribution in [1.29, 1.82) is 5.26 Å². The maximum Gasteiger partial charge on any atom is 0.0998 e. The van der Waals surface area contributed by atoms with Crippen molar-refractivity contribution in [2.45, 2.75) is 0 Å². The van der Waals surface area contributed by atoms with Crippen molar-refractivity contribution < 1.29 is 4.74 Å². The van der Waals surface area contributed by atoms with Crippen LogP contribution in [0.15, 0.2) is 48.5 Å². The fourth-order valence-electron chi connectivity index (χ4n) is 2.78. The molecular formula is C19H21N3O. The van der Waals surface area contributed by atoms with Crippen molar-refractivity contribution in [3.63, 3.8) is 0 Å². The lowest BCUT2D eigenvalue weighted by molar-refractivity contribution is 0.0398. The minimum Gasteiger partial charge on any atom is -0.384 e. The molecule has 0 aromatic heterocycles. The van der Waals surface area contributed by atoms with Gasteiger partial charge in [0.05, 0.1) is 24.8 Å². The number of ether oxygens (including phenoxy) is 1. The van der Waals surface area contributed by atoms with E-state index in [-0.39, 0.29) is 0 Å². The van der Waals surface area contributed by atoms with E-state index in [1.165, 1.54) is 0 Å². The smallest absolute Gasteiger partial charge is 0.0998 e. The molecule has 118 valence electrons. The SMILES string of the molecule is N#Cc1ccccc1-c1ccc(NCCN2CCOCC2)cc1. The molecule has 4 nitrogen and oxygen atoms in total. The van der Waals surface area contributed by atoms with E-state index in [4.69, 9.17) is 4.74 Å². The Bertz CT molecular complexity index is 670. The van der Waals surface area contributed by atoms with E-state index in [1.54, 1.807) is 0 Å². The Hall–Kier alpha value is -2.35. The molecule has 0 amide bonds. The molecule has 4 heteroatoms. The number of nitrogens with one attached hydrogen (secondary N) is 1. The van der Waals surface area contributed by atoms with Crippen LogP contribution in [0, 0.1) is 11.3 Å². The van der Waals surface area contributed by atoms with Crippen LogP contribution in [0.3, 0.4) is 0 Å². The van der Waals surface area contributed by atoms with Gasteiger partial charge in [-0.15, -0.1) is 0 Å². The average molecular weight is 307 g/mol. The maximum atomic E-state index is 9.20. The third kappa shape index (κ3) is 4.10. The highest BCUT2D eigenvalue weighted by atomic mass is 16.5. The number of nitrogens with zero attached hydrogens (tertiary/aromatic N) is 2.